The number of aliphatic hydroxyl groups is 1. The minimum absolute atomic E-state index is 0. The van der Waals surface area contributed by atoms with Crippen LogP contribution in [0.15, 0.2) is 0 Å². The van der Waals surface area contributed by atoms with Crippen molar-refractivity contribution in [3.05, 3.63) is 0 Å². The molecule has 0 spiro atoms. The van der Waals surface area contributed by atoms with Crippen LogP contribution >= 0.6 is 0 Å². The maximum absolute atomic E-state index is 8.57. The number of unbranched alkanes of at least 4 members (excludes halogenated alkanes) is 9. The number of hydrogen-bond donors (Lipinski definition) is 1. The van der Waals surface area contributed by atoms with E-state index in [1.807, 2.05) is 0 Å². The first kappa shape index (κ1) is 18.0. The first-order valence-corrected chi connectivity index (χ1v) is 6.02. The van der Waals surface area contributed by atoms with E-state index in [9.17, 15) is 0 Å². The van der Waals surface area contributed by atoms with Crippen molar-refractivity contribution in [2.75, 3.05) is 6.61 Å². The molecule has 0 atom stereocenters. The van der Waals surface area contributed by atoms with E-state index in [1.165, 1.54) is 57.8 Å². The van der Waals surface area contributed by atoms with Gasteiger partial charge in [-0.1, -0.05) is 64.7 Å². The molecule has 0 aliphatic heterocycles. The van der Waals surface area contributed by atoms with Gasteiger partial charge in [-0.2, -0.15) is 0 Å². The molecule has 1 N–H and O–H groups in total. The molecule has 0 saturated carbocycles. The summed E-state index contributed by atoms with van der Waals surface area (Å²) in [6.45, 7) is 2.63. The summed E-state index contributed by atoms with van der Waals surface area (Å²) < 4.78 is 0. The van der Waals surface area contributed by atoms with Crippen LogP contribution in [0.2, 0.25) is 0 Å². The van der Waals surface area contributed by atoms with Crippen molar-refractivity contribution in [2.24, 2.45) is 0 Å². The largest absolute Gasteiger partial charge is 0.396 e. The molecule has 14 heavy (non-hydrogen) atoms. The smallest absolute Gasteiger partial charge is 0.0431 e. The second-order valence-electron chi connectivity index (χ2n) is 3.91. The van der Waals surface area contributed by atoms with Crippen LogP contribution < -0.4 is 0 Å². The van der Waals surface area contributed by atoms with Gasteiger partial charge in [0.1, 0.15) is 0 Å². The molecule has 81 valence electrons. The fourth-order valence-corrected chi connectivity index (χ4v) is 1.60. The van der Waals surface area contributed by atoms with Gasteiger partial charge in [-0.05, 0) is 6.42 Å². The zero-order valence-corrected chi connectivity index (χ0v) is 13.3. The SMILES string of the molecule is CCCCCCCCCCCCO.[K]. The minimum Gasteiger partial charge on any atom is -0.396 e. The van der Waals surface area contributed by atoms with Gasteiger partial charge >= 0.3 is 0 Å². The Morgan fingerprint density at radius 1 is 0.643 bits per heavy atom. The van der Waals surface area contributed by atoms with Gasteiger partial charge in [0.25, 0.3) is 0 Å². The molecule has 0 heterocycles. The Bertz CT molecular complexity index is 76.4. The number of aliphatic hydroxyl groups excluding tert-OH is 1. The molecule has 0 aromatic carbocycles. The van der Waals surface area contributed by atoms with E-state index < -0.39 is 0 Å². The predicted molar refractivity (Wildman–Crippen MR) is 64.7 cm³/mol. The van der Waals surface area contributed by atoms with Gasteiger partial charge in [0.15, 0.2) is 0 Å². The van der Waals surface area contributed by atoms with Crippen LogP contribution in [0.3, 0.4) is 0 Å². The van der Waals surface area contributed by atoms with Crippen LogP contribution in [-0.2, 0) is 0 Å². The summed E-state index contributed by atoms with van der Waals surface area (Å²) in [7, 11) is 0. The molecule has 0 aliphatic rings. The average Bonchev–Trinajstić information content (AvgIpc) is 2.16. The fraction of sp³-hybridized carbons (Fsp3) is 1.00. The van der Waals surface area contributed by atoms with Crippen molar-refractivity contribution in [1.29, 1.82) is 0 Å². The Hall–Kier alpha value is 1.60. The number of rotatable bonds is 10. The molecule has 0 aliphatic carbocycles. The molecule has 1 radical (unpaired) electrons. The van der Waals surface area contributed by atoms with Crippen molar-refractivity contribution < 1.29 is 5.11 Å². The standard InChI is InChI=1S/C12H26O.K/c1-2-3-4-5-6-7-8-9-10-11-12-13;/h13H,2-12H2,1H3;. The second-order valence-corrected chi connectivity index (χ2v) is 3.91. The van der Waals surface area contributed by atoms with E-state index in [0.29, 0.717) is 6.61 Å². The van der Waals surface area contributed by atoms with Crippen molar-refractivity contribution >= 4 is 51.4 Å². The van der Waals surface area contributed by atoms with Crippen LogP contribution in [0, 0.1) is 0 Å². The normalized spacial score (nSPS) is 9.86. The van der Waals surface area contributed by atoms with Crippen LogP contribution in [-0.4, -0.2) is 63.1 Å². The van der Waals surface area contributed by atoms with Crippen LogP contribution in [0.4, 0.5) is 0 Å². The monoisotopic (exact) mass is 225 g/mol. The summed E-state index contributed by atoms with van der Waals surface area (Å²) in [6, 6.07) is 0. The fourth-order valence-electron chi connectivity index (χ4n) is 1.60. The third-order valence-electron chi connectivity index (χ3n) is 2.51. The summed E-state index contributed by atoms with van der Waals surface area (Å²) in [5.41, 5.74) is 0. The quantitative estimate of drug-likeness (QED) is 0.445. The Kier molecular flexibility index (Phi) is 21.8. The van der Waals surface area contributed by atoms with Gasteiger partial charge < -0.3 is 5.11 Å². The van der Waals surface area contributed by atoms with Gasteiger partial charge in [0.05, 0.1) is 0 Å². The third kappa shape index (κ3) is 16.0. The molecule has 2 heteroatoms. The van der Waals surface area contributed by atoms with Crippen molar-refractivity contribution in [1.82, 2.24) is 0 Å². The minimum atomic E-state index is 0. The van der Waals surface area contributed by atoms with E-state index in [1.54, 1.807) is 0 Å². The Labute approximate surface area is 132 Å². The number of hydrogen-bond acceptors (Lipinski definition) is 1. The molecule has 0 saturated heterocycles. The molecular formula is C12H26KO. The van der Waals surface area contributed by atoms with Crippen LogP contribution in [0.1, 0.15) is 71.1 Å². The second kappa shape index (κ2) is 17.0. The van der Waals surface area contributed by atoms with E-state index in [2.05, 4.69) is 6.92 Å². The zero-order valence-electron chi connectivity index (χ0n) is 10.2. The van der Waals surface area contributed by atoms with E-state index >= 15 is 0 Å². The molecule has 0 unspecified atom stereocenters. The van der Waals surface area contributed by atoms with E-state index in [0.717, 1.165) is 6.42 Å². The van der Waals surface area contributed by atoms with Crippen molar-refractivity contribution in [3.63, 3.8) is 0 Å². The Morgan fingerprint density at radius 3 is 1.36 bits per heavy atom. The summed E-state index contributed by atoms with van der Waals surface area (Å²) in [6.07, 6.45) is 13.3. The summed E-state index contributed by atoms with van der Waals surface area (Å²) >= 11 is 0. The first-order valence-electron chi connectivity index (χ1n) is 6.02. The zero-order chi connectivity index (χ0) is 9.78. The van der Waals surface area contributed by atoms with Gasteiger partial charge in [-0.25, -0.2) is 0 Å². The van der Waals surface area contributed by atoms with Crippen molar-refractivity contribution in [2.45, 2.75) is 71.1 Å². The Balaban J connectivity index is 0. The van der Waals surface area contributed by atoms with Gasteiger partial charge in [-0.15, -0.1) is 0 Å². The first-order chi connectivity index (χ1) is 6.41. The molecule has 0 aromatic heterocycles. The molecule has 0 amide bonds. The molecule has 0 bridgehead atoms. The molecule has 0 fully saturated rings. The molecule has 1 nitrogen and oxygen atoms in total. The molecular weight excluding hydrogens is 199 g/mol. The molecule has 0 aromatic rings. The van der Waals surface area contributed by atoms with E-state index in [4.69, 9.17) is 5.11 Å². The van der Waals surface area contributed by atoms with Crippen molar-refractivity contribution in [3.8, 4) is 0 Å². The predicted octanol–water partition coefficient (Wildman–Crippen LogP) is 3.52. The molecule has 0 rings (SSSR count). The van der Waals surface area contributed by atoms with Gasteiger partial charge in [0, 0.05) is 58.0 Å². The maximum atomic E-state index is 8.57. The van der Waals surface area contributed by atoms with Gasteiger partial charge in [0.2, 0.25) is 0 Å². The topological polar surface area (TPSA) is 20.2 Å². The summed E-state index contributed by atoms with van der Waals surface area (Å²) in [4.78, 5) is 0. The van der Waals surface area contributed by atoms with Crippen LogP contribution in [0.25, 0.3) is 0 Å². The van der Waals surface area contributed by atoms with E-state index in [-0.39, 0.29) is 51.4 Å². The summed E-state index contributed by atoms with van der Waals surface area (Å²) in [5, 5.41) is 8.57. The maximum Gasteiger partial charge on any atom is 0.0431 e. The summed E-state index contributed by atoms with van der Waals surface area (Å²) in [5.74, 6) is 0. The van der Waals surface area contributed by atoms with Crippen LogP contribution in [0.5, 0.6) is 0 Å². The average molecular weight is 225 g/mol. The third-order valence-corrected chi connectivity index (χ3v) is 2.51. The van der Waals surface area contributed by atoms with Gasteiger partial charge in [-0.3, -0.25) is 0 Å². The Morgan fingerprint density at radius 2 is 1.00 bits per heavy atom.